The molecule has 21 heavy (non-hydrogen) atoms. The van der Waals surface area contributed by atoms with Gasteiger partial charge in [-0.1, -0.05) is 30.3 Å². The molecule has 1 atom stereocenters. The summed E-state index contributed by atoms with van der Waals surface area (Å²) in [5.41, 5.74) is 0.452. The van der Waals surface area contributed by atoms with Gasteiger partial charge in [0.25, 0.3) is 0 Å². The molecule has 1 aromatic carbocycles. The van der Waals surface area contributed by atoms with Crippen LogP contribution in [0.3, 0.4) is 0 Å². The average molecular weight is 290 g/mol. The zero-order valence-electron chi connectivity index (χ0n) is 12.7. The minimum atomic E-state index is -0.738. The highest BCUT2D eigenvalue weighted by atomic mass is 16.6. The van der Waals surface area contributed by atoms with Gasteiger partial charge in [-0.3, -0.25) is 4.79 Å². The van der Waals surface area contributed by atoms with Gasteiger partial charge >= 0.3 is 6.09 Å². The maximum Gasteiger partial charge on any atom is 0.408 e. The quantitative estimate of drug-likeness (QED) is 0.791. The van der Waals surface area contributed by atoms with E-state index in [0.29, 0.717) is 12.8 Å². The first-order chi connectivity index (χ1) is 9.81. The van der Waals surface area contributed by atoms with E-state index >= 15 is 0 Å². The predicted octanol–water partition coefficient (Wildman–Crippen LogP) is 2.73. The Kier molecular flexibility index (Phi) is 6.09. The van der Waals surface area contributed by atoms with Crippen LogP contribution in [0.4, 0.5) is 4.79 Å². The number of ether oxygens (including phenoxy) is 1. The van der Waals surface area contributed by atoms with Gasteiger partial charge in [0, 0.05) is 0 Å². The van der Waals surface area contributed by atoms with Crippen molar-refractivity contribution in [1.29, 1.82) is 5.41 Å². The smallest absolute Gasteiger partial charge is 0.408 e. The lowest BCUT2D eigenvalue weighted by Crippen LogP contribution is -2.44. The van der Waals surface area contributed by atoms with Gasteiger partial charge in [0.1, 0.15) is 5.60 Å². The summed E-state index contributed by atoms with van der Waals surface area (Å²) in [7, 11) is 0. The summed E-state index contributed by atoms with van der Waals surface area (Å²) >= 11 is 0. The van der Waals surface area contributed by atoms with Gasteiger partial charge in [0.15, 0.2) is 5.78 Å². The normalized spacial score (nSPS) is 12.3. The van der Waals surface area contributed by atoms with E-state index < -0.39 is 23.5 Å². The summed E-state index contributed by atoms with van der Waals surface area (Å²) in [6.07, 6.45) is 1.15. The van der Waals surface area contributed by atoms with Crippen LogP contribution in [0.25, 0.3) is 0 Å². The zero-order valence-corrected chi connectivity index (χ0v) is 12.7. The highest BCUT2D eigenvalue weighted by molar-refractivity contribution is 6.29. The number of ketones is 1. The molecule has 0 heterocycles. The molecule has 5 nitrogen and oxygen atoms in total. The summed E-state index contributed by atoms with van der Waals surface area (Å²) in [5.74, 6) is -0.434. The second-order valence-electron chi connectivity index (χ2n) is 5.77. The van der Waals surface area contributed by atoms with E-state index in [-0.39, 0.29) is 0 Å². The van der Waals surface area contributed by atoms with Crippen molar-refractivity contribution >= 4 is 18.1 Å². The summed E-state index contributed by atoms with van der Waals surface area (Å²) in [6.45, 7) is 5.26. The van der Waals surface area contributed by atoms with Gasteiger partial charge in [0.2, 0.25) is 0 Å². The van der Waals surface area contributed by atoms with E-state index in [9.17, 15) is 9.59 Å². The van der Waals surface area contributed by atoms with Gasteiger partial charge in [-0.2, -0.15) is 0 Å². The lowest BCUT2D eigenvalue weighted by molar-refractivity contribution is -0.114. The molecule has 0 saturated carbocycles. The first-order valence-corrected chi connectivity index (χ1v) is 6.89. The Morgan fingerprint density at radius 1 is 1.29 bits per heavy atom. The van der Waals surface area contributed by atoms with Crippen LogP contribution in [0.15, 0.2) is 30.3 Å². The van der Waals surface area contributed by atoms with Gasteiger partial charge in [-0.25, -0.2) is 4.79 Å². The molecule has 0 spiro atoms. The number of carbonyl (C=O) groups excluding carboxylic acids is 2. The molecule has 0 aliphatic heterocycles. The first kappa shape index (κ1) is 16.9. The van der Waals surface area contributed by atoms with Crippen LogP contribution in [0.1, 0.15) is 32.8 Å². The van der Waals surface area contributed by atoms with Crippen LogP contribution in [-0.2, 0) is 16.0 Å². The first-order valence-electron chi connectivity index (χ1n) is 6.89. The number of benzene rings is 1. The Labute approximate surface area is 125 Å². The Bertz CT molecular complexity index is 492. The Morgan fingerprint density at radius 3 is 2.43 bits per heavy atom. The SMILES string of the molecule is CC(C)(C)OC(=O)N[C@H](CCc1ccccc1)C(=O)C=N. The molecule has 0 aliphatic rings. The van der Waals surface area contributed by atoms with Gasteiger partial charge in [-0.05, 0) is 39.2 Å². The largest absolute Gasteiger partial charge is 0.444 e. The molecule has 0 aromatic heterocycles. The Morgan fingerprint density at radius 2 is 1.90 bits per heavy atom. The number of carbonyl (C=O) groups is 2. The van der Waals surface area contributed by atoms with Gasteiger partial charge < -0.3 is 15.5 Å². The maximum atomic E-state index is 11.7. The van der Waals surface area contributed by atoms with E-state index in [1.807, 2.05) is 30.3 Å². The molecule has 114 valence electrons. The molecule has 5 heteroatoms. The van der Waals surface area contributed by atoms with Crippen molar-refractivity contribution in [2.45, 2.75) is 45.3 Å². The number of hydrogen-bond acceptors (Lipinski definition) is 4. The fourth-order valence-electron chi connectivity index (χ4n) is 1.79. The van der Waals surface area contributed by atoms with Crippen molar-refractivity contribution in [3.63, 3.8) is 0 Å². The Hall–Kier alpha value is -2.17. The standard InChI is InChI=1S/C16H22N2O3/c1-16(2,3)21-15(20)18-13(14(19)11-17)10-9-12-7-5-4-6-8-12/h4-8,11,13,17H,9-10H2,1-3H3,(H,18,20)/t13-/m1/s1. The summed E-state index contributed by atoms with van der Waals surface area (Å²) in [6, 6.07) is 8.94. The van der Waals surface area contributed by atoms with E-state index in [0.717, 1.165) is 11.8 Å². The fourth-order valence-corrected chi connectivity index (χ4v) is 1.79. The topological polar surface area (TPSA) is 79.2 Å². The number of Topliss-reactive ketones (excluding diaryl/α,β-unsaturated/α-hetero) is 1. The maximum absolute atomic E-state index is 11.7. The molecule has 0 fully saturated rings. The van der Waals surface area contributed by atoms with Gasteiger partial charge in [-0.15, -0.1) is 0 Å². The molecular formula is C16H22N2O3. The highest BCUT2D eigenvalue weighted by Gasteiger charge is 2.22. The number of alkyl carbamates (subject to hydrolysis) is 1. The predicted molar refractivity (Wildman–Crippen MR) is 81.7 cm³/mol. The highest BCUT2D eigenvalue weighted by Crippen LogP contribution is 2.09. The number of amides is 1. The van der Waals surface area contributed by atoms with Gasteiger partial charge in [0.05, 0.1) is 12.3 Å². The molecule has 0 aliphatic carbocycles. The van der Waals surface area contributed by atoms with Crippen LogP contribution in [-0.4, -0.2) is 29.7 Å². The Balaban J connectivity index is 2.62. The van der Waals surface area contributed by atoms with Crippen LogP contribution in [0.2, 0.25) is 0 Å². The second-order valence-corrected chi connectivity index (χ2v) is 5.77. The van der Waals surface area contributed by atoms with E-state index in [4.69, 9.17) is 10.1 Å². The van der Waals surface area contributed by atoms with E-state index in [2.05, 4.69) is 5.32 Å². The molecular weight excluding hydrogens is 268 g/mol. The van der Waals surface area contributed by atoms with Crippen molar-refractivity contribution in [2.24, 2.45) is 0 Å². The van der Waals surface area contributed by atoms with Crippen molar-refractivity contribution in [3.05, 3.63) is 35.9 Å². The minimum absolute atomic E-state index is 0.428. The summed E-state index contributed by atoms with van der Waals surface area (Å²) in [5, 5.41) is 9.61. The molecule has 2 N–H and O–H groups in total. The number of hydrogen-bond donors (Lipinski definition) is 2. The van der Waals surface area contributed by atoms with Crippen molar-refractivity contribution in [3.8, 4) is 0 Å². The number of nitrogens with one attached hydrogen (secondary N) is 2. The van der Waals surface area contributed by atoms with Crippen LogP contribution in [0, 0.1) is 5.41 Å². The molecule has 1 aromatic rings. The minimum Gasteiger partial charge on any atom is -0.444 e. The molecule has 0 bridgehead atoms. The lowest BCUT2D eigenvalue weighted by atomic mass is 10.0. The van der Waals surface area contributed by atoms with E-state index in [1.165, 1.54) is 0 Å². The third-order valence-corrected chi connectivity index (χ3v) is 2.74. The van der Waals surface area contributed by atoms with Crippen molar-refractivity contribution in [1.82, 2.24) is 5.32 Å². The summed E-state index contributed by atoms with van der Waals surface area (Å²) in [4.78, 5) is 23.5. The third-order valence-electron chi connectivity index (χ3n) is 2.74. The van der Waals surface area contributed by atoms with Crippen LogP contribution < -0.4 is 5.32 Å². The molecule has 1 amide bonds. The third kappa shape index (κ3) is 6.70. The molecule has 0 unspecified atom stereocenters. The van der Waals surface area contributed by atoms with Crippen molar-refractivity contribution in [2.75, 3.05) is 0 Å². The molecule has 1 rings (SSSR count). The zero-order chi connectivity index (χ0) is 15.9. The number of aryl methyl sites for hydroxylation is 1. The van der Waals surface area contributed by atoms with Crippen LogP contribution >= 0.6 is 0 Å². The molecule has 0 saturated heterocycles. The second kappa shape index (κ2) is 7.57. The number of rotatable bonds is 6. The monoisotopic (exact) mass is 290 g/mol. The lowest BCUT2D eigenvalue weighted by Gasteiger charge is -2.22. The molecule has 0 radical (unpaired) electrons. The van der Waals surface area contributed by atoms with E-state index in [1.54, 1.807) is 20.8 Å². The van der Waals surface area contributed by atoms with Crippen molar-refractivity contribution < 1.29 is 14.3 Å². The summed E-state index contributed by atoms with van der Waals surface area (Å²) < 4.78 is 5.14. The average Bonchev–Trinajstić information content (AvgIpc) is 2.41. The van der Waals surface area contributed by atoms with Crippen LogP contribution in [0.5, 0.6) is 0 Å². The fraction of sp³-hybridized carbons (Fsp3) is 0.438.